The summed E-state index contributed by atoms with van der Waals surface area (Å²) in [7, 11) is -4.14. The fourth-order valence-electron chi connectivity index (χ4n) is 2.60. The highest BCUT2D eigenvalue weighted by atomic mass is 32.2. The van der Waals surface area contributed by atoms with Crippen LogP contribution in [0.15, 0.2) is 47.4 Å². The lowest BCUT2D eigenvalue weighted by Gasteiger charge is -2.22. The van der Waals surface area contributed by atoms with Crippen molar-refractivity contribution in [2.24, 2.45) is 11.1 Å². The van der Waals surface area contributed by atoms with Crippen LogP contribution in [0.3, 0.4) is 0 Å². The molecule has 4 N–H and O–H groups in total. The van der Waals surface area contributed by atoms with Crippen molar-refractivity contribution in [3.63, 3.8) is 0 Å². The van der Waals surface area contributed by atoms with E-state index >= 15 is 0 Å². The van der Waals surface area contributed by atoms with Crippen molar-refractivity contribution in [3.8, 4) is 0 Å². The van der Waals surface area contributed by atoms with Gasteiger partial charge < -0.3 is 10.6 Å². The number of nitrogens with two attached hydrogens (primary N) is 1. The zero-order valence-corrected chi connectivity index (χ0v) is 16.5. The molecule has 0 bridgehead atoms. The second kappa shape index (κ2) is 8.49. The molecule has 0 radical (unpaired) electrons. The average molecular weight is 407 g/mol. The van der Waals surface area contributed by atoms with Gasteiger partial charge in [-0.05, 0) is 42.7 Å². The van der Waals surface area contributed by atoms with E-state index in [0.717, 1.165) is 23.8 Å². The number of benzene rings is 2. The first-order valence-corrected chi connectivity index (χ1v) is 10.0. The number of amides is 2. The molecule has 9 heteroatoms. The first-order valence-electron chi connectivity index (χ1n) is 8.50. The summed E-state index contributed by atoms with van der Waals surface area (Å²) >= 11 is 0. The molecular formula is C19H22FN3O4S. The first-order chi connectivity index (χ1) is 13.0. The Morgan fingerprint density at radius 3 is 2.32 bits per heavy atom. The summed E-state index contributed by atoms with van der Waals surface area (Å²) in [6.45, 7) is 5.26. The van der Waals surface area contributed by atoms with Gasteiger partial charge in [0, 0.05) is 11.3 Å². The number of hydrogen-bond donors (Lipinski definition) is 3. The van der Waals surface area contributed by atoms with Gasteiger partial charge in [0.05, 0.1) is 4.90 Å². The van der Waals surface area contributed by atoms with Gasteiger partial charge in [0.1, 0.15) is 11.9 Å². The Morgan fingerprint density at radius 1 is 1.11 bits per heavy atom. The van der Waals surface area contributed by atoms with Crippen LogP contribution in [0.2, 0.25) is 0 Å². The predicted octanol–water partition coefficient (Wildman–Crippen LogP) is 2.17. The molecule has 0 aromatic heterocycles. The molecule has 0 fully saturated rings. The summed E-state index contributed by atoms with van der Waals surface area (Å²) in [5.74, 6) is -2.18. The van der Waals surface area contributed by atoms with Gasteiger partial charge in [-0.25, -0.2) is 17.9 Å². The number of anilines is 1. The first kappa shape index (κ1) is 21.5. The maximum absolute atomic E-state index is 13.7. The lowest BCUT2D eigenvalue weighted by Crippen LogP contribution is -2.47. The largest absolute Gasteiger partial charge is 0.340 e. The minimum absolute atomic E-state index is 0.0789. The maximum Gasteiger partial charge on any atom is 0.252 e. The number of carbonyl (C=O) groups excluding carboxylic acids is 2. The highest BCUT2D eigenvalue weighted by Crippen LogP contribution is 2.18. The predicted molar refractivity (Wildman–Crippen MR) is 104 cm³/mol. The zero-order chi connectivity index (χ0) is 21.1. The molecule has 0 saturated heterocycles. The highest BCUT2D eigenvalue weighted by molar-refractivity contribution is 7.89. The molecular weight excluding hydrogens is 385 g/mol. The molecule has 0 heterocycles. The summed E-state index contributed by atoms with van der Waals surface area (Å²) in [5, 5.41) is 10.1. The lowest BCUT2D eigenvalue weighted by atomic mass is 10.0. The molecule has 2 aromatic carbocycles. The molecule has 2 aromatic rings. The van der Waals surface area contributed by atoms with Gasteiger partial charge in [-0.1, -0.05) is 32.0 Å². The van der Waals surface area contributed by atoms with Crippen molar-refractivity contribution in [1.82, 2.24) is 5.32 Å². The van der Waals surface area contributed by atoms with Gasteiger partial charge in [0.2, 0.25) is 15.9 Å². The highest BCUT2D eigenvalue weighted by Gasteiger charge is 2.25. The van der Waals surface area contributed by atoms with Crippen LogP contribution >= 0.6 is 0 Å². The molecule has 0 aliphatic heterocycles. The van der Waals surface area contributed by atoms with Crippen LogP contribution in [0.5, 0.6) is 0 Å². The van der Waals surface area contributed by atoms with Crippen LogP contribution in [0.1, 0.15) is 29.8 Å². The van der Waals surface area contributed by atoms with Gasteiger partial charge >= 0.3 is 0 Å². The molecule has 1 atom stereocenters. The zero-order valence-electron chi connectivity index (χ0n) is 15.7. The van der Waals surface area contributed by atoms with Crippen LogP contribution in [0.25, 0.3) is 0 Å². The minimum atomic E-state index is -4.14. The van der Waals surface area contributed by atoms with Gasteiger partial charge in [0.15, 0.2) is 0 Å². The lowest BCUT2D eigenvalue weighted by molar-refractivity contribution is -0.118. The van der Waals surface area contributed by atoms with Crippen molar-refractivity contribution >= 4 is 27.5 Å². The molecule has 0 aliphatic carbocycles. The van der Waals surface area contributed by atoms with E-state index in [1.54, 1.807) is 45.0 Å². The minimum Gasteiger partial charge on any atom is -0.340 e. The molecule has 28 heavy (non-hydrogen) atoms. The molecule has 0 saturated carbocycles. The number of primary sulfonamides is 1. The van der Waals surface area contributed by atoms with Gasteiger partial charge in [-0.3, -0.25) is 9.59 Å². The normalized spacial score (nSPS) is 12.5. The topological polar surface area (TPSA) is 118 Å². The van der Waals surface area contributed by atoms with Crippen molar-refractivity contribution in [2.45, 2.75) is 31.7 Å². The Kier molecular flexibility index (Phi) is 6.52. The summed E-state index contributed by atoms with van der Waals surface area (Å²) in [6.07, 6.45) is 0. The number of sulfonamides is 1. The van der Waals surface area contributed by atoms with E-state index < -0.39 is 38.6 Å². The molecule has 1 unspecified atom stereocenters. The third kappa shape index (κ3) is 5.37. The molecule has 0 spiro atoms. The van der Waals surface area contributed by atoms with Crippen LogP contribution in [0.4, 0.5) is 10.1 Å². The Hall–Kier alpha value is -2.78. The number of halogens is 1. The van der Waals surface area contributed by atoms with Crippen molar-refractivity contribution in [3.05, 3.63) is 59.4 Å². The van der Waals surface area contributed by atoms with Crippen LogP contribution in [-0.2, 0) is 14.8 Å². The second-order valence-electron chi connectivity index (χ2n) is 6.72. The SMILES string of the molecule is Cc1ccccc1C(=O)NC(C(=O)Nc1cc(F)cc(S(N)(=O)=O)c1)C(C)C. The molecule has 0 aliphatic rings. The fraction of sp³-hybridized carbons (Fsp3) is 0.263. The maximum atomic E-state index is 13.7. The summed E-state index contributed by atoms with van der Waals surface area (Å²) < 4.78 is 36.6. The van der Waals surface area contributed by atoms with Crippen molar-refractivity contribution in [1.29, 1.82) is 0 Å². The van der Waals surface area contributed by atoms with E-state index in [9.17, 15) is 22.4 Å². The molecule has 7 nitrogen and oxygen atoms in total. The van der Waals surface area contributed by atoms with E-state index in [1.165, 1.54) is 0 Å². The molecule has 2 amide bonds. The standard InChI is InChI=1S/C19H22FN3O4S/c1-11(2)17(23-18(24)16-7-5-4-6-12(16)3)19(25)22-14-8-13(20)9-15(10-14)28(21,26)27/h4-11,17H,1-3H3,(H,22,25)(H,23,24)(H2,21,26,27). The summed E-state index contributed by atoms with van der Waals surface area (Å²) in [6, 6.07) is 8.79. The third-order valence-electron chi connectivity index (χ3n) is 4.09. The Balaban J connectivity index is 2.23. The summed E-state index contributed by atoms with van der Waals surface area (Å²) in [5.41, 5.74) is 1.11. The number of rotatable bonds is 6. The number of aryl methyl sites for hydroxylation is 1. The van der Waals surface area contributed by atoms with Crippen molar-refractivity contribution < 1.29 is 22.4 Å². The van der Waals surface area contributed by atoms with Crippen molar-refractivity contribution in [2.75, 3.05) is 5.32 Å². The van der Waals surface area contributed by atoms with E-state index in [0.29, 0.717) is 5.56 Å². The smallest absolute Gasteiger partial charge is 0.252 e. The second-order valence-corrected chi connectivity index (χ2v) is 8.28. The molecule has 2 rings (SSSR count). The fourth-order valence-corrected chi connectivity index (χ4v) is 3.17. The number of nitrogens with one attached hydrogen (secondary N) is 2. The monoisotopic (exact) mass is 407 g/mol. The van der Waals surface area contributed by atoms with E-state index in [-0.39, 0.29) is 11.6 Å². The summed E-state index contributed by atoms with van der Waals surface area (Å²) in [4.78, 5) is 24.7. The van der Waals surface area contributed by atoms with Gasteiger partial charge in [0.25, 0.3) is 5.91 Å². The van der Waals surface area contributed by atoms with Crippen LogP contribution in [0, 0.1) is 18.7 Å². The number of hydrogen-bond acceptors (Lipinski definition) is 4. The van der Waals surface area contributed by atoms with E-state index in [4.69, 9.17) is 5.14 Å². The van der Waals surface area contributed by atoms with Gasteiger partial charge in [-0.2, -0.15) is 0 Å². The Bertz CT molecular complexity index is 1010. The number of carbonyl (C=O) groups is 2. The Labute approximate surface area is 163 Å². The van der Waals surface area contributed by atoms with Crippen LogP contribution < -0.4 is 15.8 Å². The third-order valence-corrected chi connectivity index (χ3v) is 4.99. The van der Waals surface area contributed by atoms with E-state index in [1.807, 2.05) is 0 Å². The molecule has 150 valence electrons. The van der Waals surface area contributed by atoms with E-state index in [2.05, 4.69) is 10.6 Å². The Morgan fingerprint density at radius 2 is 1.75 bits per heavy atom. The average Bonchev–Trinajstić information content (AvgIpc) is 2.58. The van der Waals surface area contributed by atoms with Crippen LogP contribution in [-0.4, -0.2) is 26.3 Å². The van der Waals surface area contributed by atoms with Gasteiger partial charge in [-0.15, -0.1) is 0 Å². The quantitative estimate of drug-likeness (QED) is 0.680.